The van der Waals surface area contributed by atoms with Crippen LogP contribution >= 0.6 is 0 Å². The summed E-state index contributed by atoms with van der Waals surface area (Å²) >= 11 is 0. The summed E-state index contributed by atoms with van der Waals surface area (Å²) < 4.78 is 0. The van der Waals surface area contributed by atoms with Gasteiger partial charge in [-0.05, 0) is 110 Å². The number of nitrogens with one attached hydrogen (secondary N) is 1. The quantitative estimate of drug-likeness (QED) is 0.727. The lowest BCUT2D eigenvalue weighted by molar-refractivity contribution is -0.0996. The number of allylic oxidation sites excluding steroid dienone is 2. The van der Waals surface area contributed by atoms with E-state index in [0.29, 0.717) is 10.8 Å². The fourth-order valence-corrected chi connectivity index (χ4v) is 8.06. The third-order valence-electron chi connectivity index (χ3n) is 9.63. The van der Waals surface area contributed by atoms with Crippen LogP contribution in [-0.4, -0.2) is 18.1 Å². The molecule has 0 amide bonds. The molecule has 2 nitrogen and oxygen atoms in total. The molecule has 0 saturated heterocycles. The highest BCUT2D eigenvalue weighted by molar-refractivity contribution is 5.72. The Morgan fingerprint density at radius 3 is 2.74 bits per heavy atom. The van der Waals surface area contributed by atoms with E-state index in [2.05, 4.69) is 55.6 Å². The van der Waals surface area contributed by atoms with E-state index in [4.69, 9.17) is 0 Å². The third kappa shape index (κ3) is 2.58. The highest BCUT2D eigenvalue weighted by Crippen LogP contribution is 2.67. The average molecular weight is 365 g/mol. The topological polar surface area (TPSA) is 24.9 Å². The first-order chi connectivity index (χ1) is 13.1. The molecule has 0 bridgehead atoms. The summed E-state index contributed by atoms with van der Waals surface area (Å²) in [6.07, 6.45) is 17.8. The van der Waals surface area contributed by atoms with Crippen LogP contribution in [0.4, 0.5) is 0 Å². The van der Waals surface area contributed by atoms with Crippen molar-refractivity contribution in [3.8, 4) is 0 Å². The van der Waals surface area contributed by atoms with Gasteiger partial charge in [0.05, 0.1) is 0 Å². The minimum Gasteiger partial charge on any atom is -0.317 e. The van der Waals surface area contributed by atoms with E-state index in [1.54, 1.807) is 5.57 Å². The van der Waals surface area contributed by atoms with Crippen molar-refractivity contribution >= 4 is 5.57 Å². The summed E-state index contributed by atoms with van der Waals surface area (Å²) in [6, 6.07) is 5.14. The number of rotatable bonds is 2. The molecule has 0 radical (unpaired) electrons. The molecule has 2 heteroatoms. The van der Waals surface area contributed by atoms with Crippen molar-refractivity contribution in [1.29, 1.82) is 0 Å². The molecule has 27 heavy (non-hydrogen) atoms. The van der Waals surface area contributed by atoms with Crippen molar-refractivity contribution in [3.05, 3.63) is 36.2 Å². The van der Waals surface area contributed by atoms with Crippen molar-refractivity contribution in [2.24, 2.45) is 34.5 Å². The first kappa shape index (κ1) is 17.9. The lowest BCUT2D eigenvalue weighted by atomic mass is 9.44. The number of pyridine rings is 1. The van der Waals surface area contributed by atoms with Crippen LogP contribution in [0.25, 0.3) is 5.57 Å². The molecule has 3 saturated carbocycles. The van der Waals surface area contributed by atoms with Crippen LogP contribution in [0.1, 0.15) is 70.8 Å². The van der Waals surface area contributed by atoms with E-state index in [0.717, 1.165) is 29.7 Å². The fraction of sp³-hybridized carbons (Fsp3) is 0.720. The maximum atomic E-state index is 4.41. The minimum atomic E-state index is 0.371. The van der Waals surface area contributed by atoms with Crippen molar-refractivity contribution in [2.45, 2.75) is 71.3 Å². The second-order valence-electron chi connectivity index (χ2n) is 10.5. The number of aromatic nitrogens is 1. The Hall–Kier alpha value is -1.15. The lowest BCUT2D eigenvalue weighted by Crippen LogP contribution is -2.54. The van der Waals surface area contributed by atoms with Crippen LogP contribution < -0.4 is 5.32 Å². The molecule has 4 aliphatic rings. The van der Waals surface area contributed by atoms with Gasteiger partial charge in [-0.15, -0.1) is 0 Å². The normalized spacial score (nSPS) is 46.2. The molecule has 1 N–H and O–H groups in total. The first-order valence-electron chi connectivity index (χ1n) is 11.3. The highest BCUT2D eigenvalue weighted by atomic mass is 14.9. The zero-order valence-corrected chi connectivity index (χ0v) is 17.4. The van der Waals surface area contributed by atoms with Crippen LogP contribution in [-0.2, 0) is 0 Å². The van der Waals surface area contributed by atoms with E-state index >= 15 is 0 Å². The molecule has 1 heterocycles. The maximum Gasteiger partial charge on any atom is 0.0343 e. The van der Waals surface area contributed by atoms with Crippen LogP contribution in [0.3, 0.4) is 0 Å². The van der Waals surface area contributed by atoms with Gasteiger partial charge in [-0.25, -0.2) is 0 Å². The smallest absolute Gasteiger partial charge is 0.0343 e. The molecule has 146 valence electrons. The Balaban J connectivity index is 1.42. The Morgan fingerprint density at radius 2 is 1.96 bits per heavy atom. The summed E-state index contributed by atoms with van der Waals surface area (Å²) in [5.74, 6) is 3.68. The average Bonchev–Trinajstić information content (AvgIpc) is 3.05. The Kier molecular flexibility index (Phi) is 4.27. The van der Waals surface area contributed by atoms with Gasteiger partial charge in [0.25, 0.3) is 0 Å². The summed E-state index contributed by atoms with van der Waals surface area (Å²) in [5.41, 5.74) is 3.94. The monoisotopic (exact) mass is 364 g/mol. The lowest BCUT2D eigenvalue weighted by Gasteiger charge is -2.61. The van der Waals surface area contributed by atoms with Gasteiger partial charge >= 0.3 is 0 Å². The van der Waals surface area contributed by atoms with Gasteiger partial charge in [-0.3, -0.25) is 4.98 Å². The summed E-state index contributed by atoms with van der Waals surface area (Å²) in [5, 5.41) is 3.58. The molecular formula is C25H36N2. The summed E-state index contributed by atoms with van der Waals surface area (Å²) in [6.45, 7) is 5.25. The summed E-state index contributed by atoms with van der Waals surface area (Å²) in [7, 11) is 2.16. The molecule has 1 aromatic rings. The molecule has 4 aliphatic carbocycles. The van der Waals surface area contributed by atoms with E-state index in [1.807, 2.05) is 6.20 Å². The Morgan fingerprint density at radius 1 is 1.07 bits per heavy atom. The molecular weight excluding hydrogens is 328 g/mol. The first-order valence-corrected chi connectivity index (χ1v) is 11.3. The second-order valence-corrected chi connectivity index (χ2v) is 10.5. The van der Waals surface area contributed by atoms with Crippen molar-refractivity contribution in [3.63, 3.8) is 0 Å². The van der Waals surface area contributed by atoms with Crippen LogP contribution in [0, 0.1) is 34.5 Å². The van der Waals surface area contributed by atoms with Gasteiger partial charge in [0.15, 0.2) is 0 Å². The van der Waals surface area contributed by atoms with E-state index in [1.165, 1.54) is 56.9 Å². The molecule has 0 aliphatic heterocycles. The zero-order chi connectivity index (χ0) is 18.6. The number of hydrogen-bond acceptors (Lipinski definition) is 2. The standard InChI is InChI=1S/C25H36N2/c1-24-12-10-19(26-3)15-18(24)6-7-20-22-9-8-21(17-5-4-14-27-16-17)25(22,2)13-11-23(20)24/h4-5,8,14,16,18-20,22-23,26H,6-7,9-13,15H2,1-3H3/t18?,19?,20?,22?,23?,24-,25+/m0/s1. The molecule has 7 atom stereocenters. The SMILES string of the molecule is CNC1CC[C@@]2(C)C(CCC3C2CC[C@]2(C)C(c4cccnc4)=CCC32)C1. The predicted octanol–water partition coefficient (Wildman–Crippen LogP) is 5.71. The molecule has 5 rings (SSSR count). The third-order valence-corrected chi connectivity index (χ3v) is 9.63. The van der Waals surface area contributed by atoms with Crippen molar-refractivity contribution in [1.82, 2.24) is 10.3 Å². The molecule has 5 unspecified atom stereocenters. The molecule has 0 aromatic carbocycles. The Labute approximate surface area is 165 Å². The predicted molar refractivity (Wildman–Crippen MR) is 112 cm³/mol. The van der Waals surface area contributed by atoms with Gasteiger partial charge in [-0.1, -0.05) is 26.0 Å². The van der Waals surface area contributed by atoms with Crippen LogP contribution in [0.5, 0.6) is 0 Å². The highest BCUT2D eigenvalue weighted by Gasteiger charge is 2.58. The number of hydrogen-bond donors (Lipinski definition) is 1. The van der Waals surface area contributed by atoms with Gasteiger partial charge in [0, 0.05) is 18.4 Å². The Bertz CT molecular complexity index is 725. The van der Waals surface area contributed by atoms with Crippen LogP contribution in [0.2, 0.25) is 0 Å². The van der Waals surface area contributed by atoms with E-state index in [-0.39, 0.29) is 0 Å². The van der Waals surface area contributed by atoms with E-state index < -0.39 is 0 Å². The molecule has 1 aromatic heterocycles. The van der Waals surface area contributed by atoms with Gasteiger partial charge in [0.2, 0.25) is 0 Å². The molecule has 0 spiro atoms. The van der Waals surface area contributed by atoms with Crippen LogP contribution in [0.15, 0.2) is 30.6 Å². The number of fused-ring (bicyclic) bond motifs is 5. The number of nitrogens with zero attached hydrogens (tertiary/aromatic N) is 1. The van der Waals surface area contributed by atoms with Gasteiger partial charge in [0.1, 0.15) is 0 Å². The van der Waals surface area contributed by atoms with E-state index in [9.17, 15) is 0 Å². The summed E-state index contributed by atoms with van der Waals surface area (Å²) in [4.78, 5) is 4.41. The van der Waals surface area contributed by atoms with Crippen molar-refractivity contribution < 1.29 is 0 Å². The van der Waals surface area contributed by atoms with Crippen molar-refractivity contribution in [2.75, 3.05) is 7.05 Å². The second kappa shape index (κ2) is 6.44. The zero-order valence-electron chi connectivity index (χ0n) is 17.4. The minimum absolute atomic E-state index is 0.371. The van der Waals surface area contributed by atoms with Gasteiger partial charge < -0.3 is 5.32 Å². The maximum absolute atomic E-state index is 4.41. The van der Waals surface area contributed by atoms with Gasteiger partial charge in [-0.2, -0.15) is 0 Å². The largest absolute Gasteiger partial charge is 0.317 e. The molecule has 3 fully saturated rings. The fourth-order valence-electron chi connectivity index (χ4n) is 8.06.